The van der Waals surface area contributed by atoms with Gasteiger partial charge in [0.05, 0.1) is 18.0 Å². The van der Waals surface area contributed by atoms with Crippen LogP contribution in [0.3, 0.4) is 0 Å². The average Bonchev–Trinajstić information content (AvgIpc) is 2.78. The summed E-state index contributed by atoms with van der Waals surface area (Å²) in [6.07, 6.45) is -4.45. The Morgan fingerprint density at radius 2 is 1.63 bits per heavy atom. The number of nitrogens with one attached hydrogen (secondary N) is 2. The van der Waals surface area contributed by atoms with Crippen molar-refractivity contribution in [1.82, 2.24) is 15.5 Å². The van der Waals surface area contributed by atoms with Crippen LogP contribution in [0.2, 0.25) is 0 Å². The van der Waals surface area contributed by atoms with E-state index in [2.05, 4.69) is 17.6 Å². The zero-order valence-corrected chi connectivity index (χ0v) is 19.8. The first-order chi connectivity index (χ1) is 16.3. The van der Waals surface area contributed by atoms with Crippen LogP contribution in [0.15, 0.2) is 23.3 Å². The number of likely N-dealkylation sites (tertiary alicyclic amines) is 1. The van der Waals surface area contributed by atoms with E-state index in [-0.39, 0.29) is 30.5 Å². The molecular weight excluding hydrogens is 476 g/mol. The molecule has 1 atom stereocenters. The number of amides is 2. The molecule has 3 aliphatic rings. The van der Waals surface area contributed by atoms with Crippen molar-refractivity contribution in [3.63, 3.8) is 0 Å². The number of hydrogen-bond donors (Lipinski definition) is 2. The second-order valence-corrected chi connectivity index (χ2v) is 10.1. The van der Waals surface area contributed by atoms with Crippen LogP contribution in [0.5, 0.6) is 0 Å². The van der Waals surface area contributed by atoms with Crippen LogP contribution in [0.1, 0.15) is 51.9 Å². The molecule has 0 aromatic heterocycles. The number of rotatable bonds is 6. The number of halogens is 6. The number of nitrogens with zero attached hydrogens (tertiary/aromatic N) is 1. The molecule has 2 fully saturated rings. The minimum Gasteiger partial charge on any atom is -0.352 e. The quantitative estimate of drug-likeness (QED) is 0.519. The van der Waals surface area contributed by atoms with Crippen molar-refractivity contribution in [3.8, 4) is 0 Å². The van der Waals surface area contributed by atoms with E-state index in [1.807, 2.05) is 4.90 Å². The third-order valence-corrected chi connectivity index (χ3v) is 7.20. The molecule has 1 saturated heterocycles. The molecule has 1 saturated carbocycles. The second kappa shape index (κ2) is 11.3. The molecule has 198 valence electrons. The lowest BCUT2D eigenvalue weighted by atomic mass is 9.87. The van der Waals surface area contributed by atoms with Gasteiger partial charge in [-0.25, -0.2) is 0 Å². The highest BCUT2D eigenvalue weighted by molar-refractivity contribution is 5.94. The van der Waals surface area contributed by atoms with Crippen LogP contribution >= 0.6 is 0 Å². The van der Waals surface area contributed by atoms with Crippen LogP contribution in [-0.2, 0) is 9.59 Å². The Morgan fingerprint density at radius 3 is 2.20 bits per heavy atom. The van der Waals surface area contributed by atoms with E-state index < -0.39 is 41.7 Å². The maximum Gasteiger partial charge on any atom is 0.416 e. The van der Waals surface area contributed by atoms with Crippen molar-refractivity contribution in [1.29, 1.82) is 0 Å². The van der Waals surface area contributed by atoms with E-state index in [4.69, 9.17) is 0 Å². The maximum absolute atomic E-state index is 13.1. The Morgan fingerprint density at radius 1 is 1.00 bits per heavy atom. The van der Waals surface area contributed by atoms with Gasteiger partial charge in [-0.2, -0.15) is 26.3 Å². The van der Waals surface area contributed by atoms with E-state index in [1.165, 1.54) is 0 Å². The van der Waals surface area contributed by atoms with Gasteiger partial charge >= 0.3 is 12.4 Å². The predicted octanol–water partition coefficient (Wildman–Crippen LogP) is 4.51. The van der Waals surface area contributed by atoms with E-state index in [9.17, 15) is 35.9 Å². The molecule has 0 aromatic carbocycles. The van der Waals surface area contributed by atoms with Gasteiger partial charge < -0.3 is 10.6 Å². The fraction of sp³-hybridized carbons (Fsp3) is 0.750. The highest BCUT2D eigenvalue weighted by Gasteiger charge is 2.45. The summed E-state index contributed by atoms with van der Waals surface area (Å²) in [6.45, 7) is 3.94. The van der Waals surface area contributed by atoms with Crippen molar-refractivity contribution in [2.24, 2.45) is 17.8 Å². The van der Waals surface area contributed by atoms with Crippen molar-refractivity contribution < 1.29 is 35.9 Å². The number of hydrogen-bond acceptors (Lipinski definition) is 3. The molecule has 1 aliphatic heterocycles. The van der Waals surface area contributed by atoms with Crippen LogP contribution in [-0.4, -0.2) is 61.3 Å². The highest BCUT2D eigenvalue weighted by Crippen LogP contribution is 2.40. The monoisotopic (exact) mass is 509 g/mol. The minimum atomic E-state index is -4.97. The molecular formula is C24H33F6N3O2. The van der Waals surface area contributed by atoms with E-state index >= 15 is 0 Å². The van der Waals surface area contributed by atoms with Crippen LogP contribution in [0.25, 0.3) is 0 Å². The first-order valence-electron chi connectivity index (χ1n) is 12.2. The van der Waals surface area contributed by atoms with Gasteiger partial charge in [-0.1, -0.05) is 13.0 Å². The first-order valence-corrected chi connectivity index (χ1v) is 12.2. The molecule has 0 radical (unpaired) electrons. The molecule has 35 heavy (non-hydrogen) atoms. The zero-order valence-electron chi connectivity index (χ0n) is 19.8. The standard InChI is InChI=1S/C24H33F6N3O2/c1-15-2-4-20(5-3-15)32-21(34)14-33-8-6-16(7-9-33)13-31-22(35)17-10-18(23(25,26)27)12-19(11-17)24(28,29)30/h10,12,15-16,19-20H,2-9,11,13-14H2,1H3,(H,31,35)(H,32,34)/t15?,19-,20?/m1/s1. The highest BCUT2D eigenvalue weighted by atomic mass is 19.4. The third-order valence-electron chi connectivity index (χ3n) is 7.20. The Bertz CT molecular complexity index is 820. The van der Waals surface area contributed by atoms with Gasteiger partial charge in [-0.15, -0.1) is 0 Å². The van der Waals surface area contributed by atoms with Crippen molar-refractivity contribution in [3.05, 3.63) is 23.3 Å². The molecule has 3 rings (SSSR count). The number of carbonyl (C=O) groups excluding carboxylic acids is 2. The summed E-state index contributed by atoms with van der Waals surface area (Å²) in [7, 11) is 0. The molecule has 2 aliphatic carbocycles. The Kier molecular flexibility index (Phi) is 8.93. The van der Waals surface area contributed by atoms with Gasteiger partial charge in [0.2, 0.25) is 11.8 Å². The lowest BCUT2D eigenvalue weighted by molar-refractivity contribution is -0.162. The smallest absolute Gasteiger partial charge is 0.352 e. The summed E-state index contributed by atoms with van der Waals surface area (Å²) >= 11 is 0. The van der Waals surface area contributed by atoms with E-state index in [0.29, 0.717) is 44.5 Å². The van der Waals surface area contributed by atoms with Crippen molar-refractivity contribution in [2.75, 3.05) is 26.2 Å². The van der Waals surface area contributed by atoms with Crippen molar-refractivity contribution >= 4 is 11.8 Å². The Hall–Kier alpha value is -2.04. The summed E-state index contributed by atoms with van der Waals surface area (Å²) in [6, 6.07) is 0.227. The minimum absolute atomic E-state index is 0.00622. The van der Waals surface area contributed by atoms with E-state index in [0.717, 1.165) is 25.7 Å². The fourth-order valence-corrected chi connectivity index (χ4v) is 4.93. The SMILES string of the molecule is CC1CCC(NC(=O)CN2CCC(CNC(=O)C3=CC(C(F)(F)F)=C[C@H](C(F)(F)F)C3)CC2)CC1. The molecule has 0 aromatic rings. The first kappa shape index (κ1) is 27.5. The fourth-order valence-electron chi connectivity index (χ4n) is 4.93. The van der Waals surface area contributed by atoms with Crippen molar-refractivity contribution in [2.45, 2.75) is 70.3 Å². The Balaban J connectivity index is 1.43. The van der Waals surface area contributed by atoms with Gasteiger partial charge in [0.25, 0.3) is 0 Å². The molecule has 5 nitrogen and oxygen atoms in total. The average molecular weight is 510 g/mol. The normalized spacial score (nSPS) is 27.1. The lowest BCUT2D eigenvalue weighted by Gasteiger charge is -2.33. The lowest BCUT2D eigenvalue weighted by Crippen LogP contribution is -2.46. The summed E-state index contributed by atoms with van der Waals surface area (Å²) in [4.78, 5) is 26.8. The molecule has 2 N–H and O–H groups in total. The number of allylic oxidation sites excluding steroid dienone is 3. The number of alkyl halides is 6. The maximum atomic E-state index is 13.1. The summed E-state index contributed by atoms with van der Waals surface area (Å²) in [5.74, 6) is -2.52. The van der Waals surface area contributed by atoms with Crippen LogP contribution < -0.4 is 10.6 Å². The third kappa shape index (κ3) is 8.25. The second-order valence-electron chi connectivity index (χ2n) is 10.1. The number of carbonyl (C=O) groups is 2. The molecule has 0 spiro atoms. The van der Waals surface area contributed by atoms with Crippen LogP contribution in [0, 0.1) is 17.8 Å². The summed E-state index contributed by atoms with van der Waals surface area (Å²) < 4.78 is 78.4. The summed E-state index contributed by atoms with van der Waals surface area (Å²) in [5.41, 5.74) is -1.97. The molecule has 1 heterocycles. The molecule has 0 bridgehead atoms. The van der Waals surface area contributed by atoms with Gasteiger partial charge in [-0.05, 0) is 75.9 Å². The van der Waals surface area contributed by atoms with Gasteiger partial charge in [0.1, 0.15) is 0 Å². The van der Waals surface area contributed by atoms with Gasteiger partial charge in [0, 0.05) is 18.2 Å². The molecule has 0 unspecified atom stereocenters. The number of piperidine rings is 1. The largest absolute Gasteiger partial charge is 0.416 e. The molecule has 2 amide bonds. The van der Waals surface area contributed by atoms with Crippen LogP contribution in [0.4, 0.5) is 26.3 Å². The zero-order chi connectivity index (χ0) is 25.8. The van der Waals surface area contributed by atoms with E-state index in [1.54, 1.807) is 0 Å². The topological polar surface area (TPSA) is 61.4 Å². The van der Waals surface area contributed by atoms with Gasteiger partial charge in [-0.3, -0.25) is 14.5 Å². The molecule has 11 heteroatoms. The predicted molar refractivity (Wildman–Crippen MR) is 118 cm³/mol. The Labute approximate surface area is 201 Å². The summed E-state index contributed by atoms with van der Waals surface area (Å²) in [5, 5.41) is 5.61. The van der Waals surface area contributed by atoms with Gasteiger partial charge in [0.15, 0.2) is 0 Å².